The molecule has 128 valence electrons. The molecule has 1 saturated heterocycles. The van der Waals surface area contributed by atoms with Gasteiger partial charge in [0.2, 0.25) is 15.9 Å². The van der Waals surface area contributed by atoms with Crippen molar-refractivity contribution < 1.29 is 17.6 Å². The number of likely N-dealkylation sites (tertiary alicyclic amines) is 1. The Labute approximate surface area is 137 Å². The van der Waals surface area contributed by atoms with Crippen LogP contribution >= 0.6 is 0 Å². The number of halogens is 1. The molecule has 0 N–H and O–H groups in total. The first-order valence-electron chi connectivity index (χ1n) is 7.70. The highest BCUT2D eigenvalue weighted by Crippen LogP contribution is 2.21. The van der Waals surface area contributed by atoms with Crippen molar-refractivity contribution in [3.05, 3.63) is 30.1 Å². The van der Waals surface area contributed by atoms with Gasteiger partial charge in [-0.1, -0.05) is 13.8 Å². The Balaban J connectivity index is 2.06. The summed E-state index contributed by atoms with van der Waals surface area (Å²) in [6.45, 7) is 5.30. The van der Waals surface area contributed by atoms with E-state index in [0.717, 1.165) is 22.9 Å². The number of carbonyl (C=O) groups excluding carboxylic acids is 1. The van der Waals surface area contributed by atoms with Gasteiger partial charge in [-0.3, -0.25) is 4.79 Å². The summed E-state index contributed by atoms with van der Waals surface area (Å²) < 4.78 is 38.8. The number of nitrogens with zero attached hydrogens (tertiary/aromatic N) is 2. The van der Waals surface area contributed by atoms with E-state index in [4.69, 9.17) is 0 Å². The molecule has 1 fully saturated rings. The summed E-state index contributed by atoms with van der Waals surface area (Å²) in [5.41, 5.74) is 0. The summed E-state index contributed by atoms with van der Waals surface area (Å²) in [6.07, 6.45) is 1.08. The molecule has 2 atom stereocenters. The van der Waals surface area contributed by atoms with E-state index in [-0.39, 0.29) is 17.3 Å². The SMILES string of the molecule is C[C@@H]1C[C@@H](C)CN(C(=O)CN(C)S(=O)(=O)c2ccc(F)cc2)C1. The molecule has 23 heavy (non-hydrogen) atoms. The second kappa shape index (κ2) is 6.97. The maximum absolute atomic E-state index is 12.9. The van der Waals surface area contributed by atoms with E-state index < -0.39 is 15.8 Å². The van der Waals surface area contributed by atoms with Gasteiger partial charge < -0.3 is 4.90 Å². The van der Waals surface area contributed by atoms with Crippen LogP contribution in [-0.2, 0) is 14.8 Å². The molecule has 2 rings (SSSR count). The molecule has 0 aliphatic carbocycles. The lowest BCUT2D eigenvalue weighted by Gasteiger charge is -2.35. The van der Waals surface area contributed by atoms with E-state index in [0.29, 0.717) is 24.9 Å². The van der Waals surface area contributed by atoms with Crippen LogP contribution in [0.15, 0.2) is 29.2 Å². The Morgan fingerprint density at radius 2 is 1.74 bits per heavy atom. The highest BCUT2D eigenvalue weighted by molar-refractivity contribution is 7.89. The minimum absolute atomic E-state index is 0.0189. The van der Waals surface area contributed by atoms with E-state index >= 15 is 0 Å². The predicted molar refractivity (Wildman–Crippen MR) is 85.7 cm³/mol. The zero-order chi connectivity index (χ0) is 17.2. The minimum atomic E-state index is -3.80. The number of piperidine rings is 1. The highest BCUT2D eigenvalue weighted by Gasteiger charge is 2.29. The molecule has 0 saturated carbocycles. The van der Waals surface area contributed by atoms with Crippen LogP contribution in [0, 0.1) is 17.7 Å². The number of hydrogen-bond donors (Lipinski definition) is 0. The molecule has 1 aromatic carbocycles. The summed E-state index contributed by atoms with van der Waals surface area (Å²) in [4.78, 5) is 14.1. The number of carbonyl (C=O) groups is 1. The van der Waals surface area contributed by atoms with Crippen molar-refractivity contribution in [2.24, 2.45) is 11.8 Å². The Morgan fingerprint density at radius 1 is 1.22 bits per heavy atom. The zero-order valence-corrected chi connectivity index (χ0v) is 14.5. The average Bonchev–Trinajstić information content (AvgIpc) is 2.46. The minimum Gasteiger partial charge on any atom is -0.341 e. The number of rotatable bonds is 4. The lowest BCUT2D eigenvalue weighted by atomic mass is 9.92. The summed E-state index contributed by atoms with van der Waals surface area (Å²) in [6, 6.07) is 4.60. The summed E-state index contributed by atoms with van der Waals surface area (Å²) in [5, 5.41) is 0. The fourth-order valence-electron chi connectivity index (χ4n) is 3.03. The van der Waals surface area contributed by atoms with E-state index in [1.54, 1.807) is 4.90 Å². The smallest absolute Gasteiger partial charge is 0.243 e. The van der Waals surface area contributed by atoms with Crippen LogP contribution < -0.4 is 0 Å². The molecule has 1 aliphatic rings. The number of sulfonamides is 1. The predicted octanol–water partition coefficient (Wildman–Crippen LogP) is 1.95. The summed E-state index contributed by atoms with van der Waals surface area (Å²) >= 11 is 0. The van der Waals surface area contributed by atoms with Gasteiger partial charge in [-0.25, -0.2) is 12.8 Å². The lowest BCUT2D eigenvalue weighted by molar-refractivity contribution is -0.133. The maximum Gasteiger partial charge on any atom is 0.243 e. The molecule has 1 amide bonds. The van der Waals surface area contributed by atoms with Crippen molar-refractivity contribution in [1.29, 1.82) is 0 Å². The van der Waals surface area contributed by atoms with E-state index in [1.165, 1.54) is 19.2 Å². The van der Waals surface area contributed by atoms with Crippen LogP contribution in [0.4, 0.5) is 4.39 Å². The molecule has 7 heteroatoms. The number of hydrogen-bond acceptors (Lipinski definition) is 3. The van der Waals surface area contributed by atoms with Crippen LogP contribution in [0.5, 0.6) is 0 Å². The molecule has 0 bridgehead atoms. The molecular weight excluding hydrogens is 319 g/mol. The normalized spacial score (nSPS) is 22.4. The zero-order valence-electron chi connectivity index (χ0n) is 13.7. The van der Waals surface area contributed by atoms with Gasteiger partial charge in [-0.15, -0.1) is 0 Å². The van der Waals surface area contributed by atoms with Crippen molar-refractivity contribution in [3.63, 3.8) is 0 Å². The quantitative estimate of drug-likeness (QED) is 0.840. The first-order chi connectivity index (χ1) is 10.7. The topological polar surface area (TPSA) is 57.7 Å². The summed E-state index contributed by atoms with van der Waals surface area (Å²) in [7, 11) is -2.43. The van der Waals surface area contributed by atoms with E-state index in [9.17, 15) is 17.6 Å². The van der Waals surface area contributed by atoms with Crippen molar-refractivity contribution in [2.45, 2.75) is 25.2 Å². The van der Waals surface area contributed by atoms with Crippen LogP contribution in [-0.4, -0.2) is 50.2 Å². The molecule has 5 nitrogen and oxygen atoms in total. The second-order valence-corrected chi connectivity index (χ2v) is 8.50. The van der Waals surface area contributed by atoms with E-state index in [1.807, 2.05) is 0 Å². The van der Waals surface area contributed by atoms with Gasteiger partial charge in [-0.2, -0.15) is 4.31 Å². The van der Waals surface area contributed by atoms with Crippen LogP contribution in [0.3, 0.4) is 0 Å². The molecule has 0 spiro atoms. The third-order valence-electron chi connectivity index (χ3n) is 4.10. The molecule has 0 radical (unpaired) electrons. The van der Waals surface area contributed by atoms with Crippen LogP contribution in [0.25, 0.3) is 0 Å². The molecule has 1 heterocycles. The first-order valence-corrected chi connectivity index (χ1v) is 9.14. The summed E-state index contributed by atoms with van der Waals surface area (Å²) in [5.74, 6) is 0.138. The van der Waals surface area contributed by atoms with Crippen molar-refractivity contribution in [2.75, 3.05) is 26.7 Å². The van der Waals surface area contributed by atoms with Gasteiger partial charge in [-0.05, 0) is 42.5 Å². The molecule has 0 unspecified atom stereocenters. The van der Waals surface area contributed by atoms with Crippen molar-refractivity contribution in [3.8, 4) is 0 Å². The van der Waals surface area contributed by atoms with Gasteiger partial charge in [0.1, 0.15) is 5.82 Å². The molecule has 1 aromatic rings. The fraction of sp³-hybridized carbons (Fsp3) is 0.562. The number of likely N-dealkylation sites (N-methyl/N-ethyl adjacent to an activating group) is 1. The first kappa shape index (κ1) is 17.9. The lowest BCUT2D eigenvalue weighted by Crippen LogP contribution is -2.47. The Kier molecular flexibility index (Phi) is 5.41. The van der Waals surface area contributed by atoms with Gasteiger partial charge >= 0.3 is 0 Å². The fourth-order valence-corrected chi connectivity index (χ4v) is 4.15. The van der Waals surface area contributed by atoms with E-state index in [2.05, 4.69) is 13.8 Å². The average molecular weight is 342 g/mol. The van der Waals surface area contributed by atoms with Gasteiger partial charge in [0.05, 0.1) is 11.4 Å². The van der Waals surface area contributed by atoms with Crippen molar-refractivity contribution in [1.82, 2.24) is 9.21 Å². The van der Waals surface area contributed by atoms with Crippen molar-refractivity contribution >= 4 is 15.9 Å². The highest BCUT2D eigenvalue weighted by atomic mass is 32.2. The van der Waals surface area contributed by atoms with Gasteiger partial charge in [0.15, 0.2) is 0 Å². The molecule has 1 aliphatic heterocycles. The Hall–Kier alpha value is -1.47. The Morgan fingerprint density at radius 3 is 2.26 bits per heavy atom. The Bertz CT molecular complexity index is 650. The second-order valence-electron chi connectivity index (χ2n) is 6.46. The van der Waals surface area contributed by atoms with Crippen LogP contribution in [0.2, 0.25) is 0 Å². The number of benzene rings is 1. The van der Waals surface area contributed by atoms with Crippen LogP contribution in [0.1, 0.15) is 20.3 Å². The third-order valence-corrected chi connectivity index (χ3v) is 5.92. The molecular formula is C16H23FN2O3S. The largest absolute Gasteiger partial charge is 0.341 e. The monoisotopic (exact) mass is 342 g/mol. The standard InChI is InChI=1S/C16H23FN2O3S/c1-12-8-13(2)10-19(9-12)16(20)11-18(3)23(21,22)15-6-4-14(17)5-7-15/h4-7,12-13H,8-11H2,1-3H3/t12-,13-/m1/s1. The van der Waals surface area contributed by atoms with Gasteiger partial charge in [0, 0.05) is 20.1 Å². The third kappa shape index (κ3) is 4.29. The van der Waals surface area contributed by atoms with Gasteiger partial charge in [0.25, 0.3) is 0 Å². The maximum atomic E-state index is 12.9. The number of amides is 1. The molecule has 0 aromatic heterocycles.